The summed E-state index contributed by atoms with van der Waals surface area (Å²) in [5.74, 6) is 0. The van der Waals surface area contributed by atoms with E-state index in [0.29, 0.717) is 0 Å². The monoisotopic (exact) mass is 183 g/mol. The number of halogens is 2. The lowest BCUT2D eigenvalue weighted by molar-refractivity contribution is -0.105. The van der Waals surface area contributed by atoms with E-state index in [1.54, 1.807) is 7.05 Å². The first kappa shape index (κ1) is 11.7. The Labute approximate surface area is 70.4 Å². The van der Waals surface area contributed by atoms with Crippen LogP contribution in [-0.4, -0.2) is 41.9 Å². The summed E-state index contributed by atoms with van der Waals surface area (Å²) in [6.45, 7) is 1.21. The first-order valence-electron chi connectivity index (χ1n) is 3.73. The number of aliphatic hydroxyl groups excluding tert-OH is 1. The number of hydrogen-bond donors (Lipinski definition) is 3. The molecule has 0 unspecified atom stereocenters. The Balaban J connectivity index is 3.88. The quantitative estimate of drug-likeness (QED) is 0.561. The molecule has 0 heterocycles. The molecule has 3 nitrogen and oxygen atoms in total. The maximum atomic E-state index is 12.0. The fourth-order valence-electron chi connectivity index (χ4n) is 0.874. The van der Waals surface area contributed by atoms with Gasteiger partial charge < -0.3 is 15.5 Å². The number of likely N-dealkylation sites (N-methyl/N-ethyl adjacent to an activating group) is 1. The molecule has 0 spiro atoms. The summed E-state index contributed by atoms with van der Waals surface area (Å²) < 4.78 is 24.1. The van der Waals surface area contributed by atoms with Crippen LogP contribution in [0, 0.1) is 0 Å². The summed E-state index contributed by atoms with van der Waals surface area (Å²) in [6, 6.07) is 0. The Morgan fingerprint density at radius 2 is 2.00 bits per heavy atom. The van der Waals surface area contributed by atoms with Crippen molar-refractivity contribution in [3.63, 3.8) is 0 Å². The number of nitrogens with one attached hydrogen (secondary N) is 1. The van der Waals surface area contributed by atoms with Gasteiger partial charge in [0.25, 0.3) is 6.43 Å². The second kappa shape index (κ2) is 4.69. The largest absolute Gasteiger partial charge is 0.392 e. The van der Waals surface area contributed by atoms with Crippen LogP contribution in [0.25, 0.3) is 0 Å². The van der Waals surface area contributed by atoms with Gasteiger partial charge >= 0.3 is 0 Å². The molecule has 0 saturated heterocycles. The van der Waals surface area contributed by atoms with Gasteiger partial charge in [-0.15, -0.1) is 0 Å². The maximum absolute atomic E-state index is 12.0. The van der Waals surface area contributed by atoms with E-state index in [2.05, 4.69) is 5.32 Å². The van der Waals surface area contributed by atoms with E-state index in [-0.39, 0.29) is 13.0 Å². The minimum Gasteiger partial charge on any atom is -0.392 e. The van der Waals surface area contributed by atoms with Crippen molar-refractivity contribution in [3.8, 4) is 0 Å². The molecule has 0 aliphatic carbocycles. The summed E-state index contributed by atoms with van der Waals surface area (Å²) in [7, 11) is 1.60. The SMILES string of the molecule is CNC[C@H](O)C[C@](C)(O)C(F)F. The molecule has 0 bridgehead atoms. The molecule has 0 aromatic rings. The Morgan fingerprint density at radius 3 is 2.33 bits per heavy atom. The Bertz CT molecular complexity index is 131. The Hall–Kier alpha value is -0.260. The van der Waals surface area contributed by atoms with Crippen molar-refractivity contribution in [2.24, 2.45) is 0 Å². The number of aliphatic hydroxyl groups is 2. The average molecular weight is 183 g/mol. The second-order valence-corrected chi connectivity index (χ2v) is 3.07. The third-order valence-electron chi connectivity index (χ3n) is 1.56. The fourth-order valence-corrected chi connectivity index (χ4v) is 0.874. The third-order valence-corrected chi connectivity index (χ3v) is 1.56. The zero-order chi connectivity index (χ0) is 9.78. The molecule has 0 saturated carbocycles. The number of rotatable bonds is 5. The molecule has 0 rings (SSSR count). The second-order valence-electron chi connectivity index (χ2n) is 3.07. The van der Waals surface area contributed by atoms with Crippen LogP contribution in [0.2, 0.25) is 0 Å². The van der Waals surface area contributed by atoms with Gasteiger partial charge in [-0.1, -0.05) is 0 Å². The molecule has 0 fully saturated rings. The van der Waals surface area contributed by atoms with Gasteiger partial charge in [0, 0.05) is 13.0 Å². The fraction of sp³-hybridized carbons (Fsp3) is 1.00. The van der Waals surface area contributed by atoms with Crippen LogP contribution in [0.5, 0.6) is 0 Å². The summed E-state index contributed by atoms with van der Waals surface area (Å²) >= 11 is 0. The minimum absolute atomic E-state index is 0.197. The summed E-state index contributed by atoms with van der Waals surface area (Å²) in [4.78, 5) is 0. The highest BCUT2D eigenvalue weighted by Crippen LogP contribution is 2.20. The van der Waals surface area contributed by atoms with Gasteiger partial charge in [0.05, 0.1) is 6.10 Å². The van der Waals surface area contributed by atoms with Crippen molar-refractivity contribution >= 4 is 0 Å². The normalized spacial score (nSPS) is 19.2. The van der Waals surface area contributed by atoms with Crippen LogP contribution in [-0.2, 0) is 0 Å². The molecule has 0 amide bonds. The molecule has 74 valence electrons. The van der Waals surface area contributed by atoms with Crippen molar-refractivity contribution in [2.45, 2.75) is 31.5 Å². The molecule has 0 aliphatic heterocycles. The van der Waals surface area contributed by atoms with E-state index >= 15 is 0 Å². The zero-order valence-electron chi connectivity index (χ0n) is 7.22. The van der Waals surface area contributed by atoms with Crippen LogP contribution in [0.1, 0.15) is 13.3 Å². The average Bonchev–Trinajstić information content (AvgIpc) is 1.85. The summed E-state index contributed by atoms with van der Waals surface area (Å²) in [6.07, 6.45) is -4.10. The van der Waals surface area contributed by atoms with Gasteiger partial charge in [-0.2, -0.15) is 0 Å². The lowest BCUT2D eigenvalue weighted by Crippen LogP contribution is -2.40. The molecular weight excluding hydrogens is 168 g/mol. The van der Waals surface area contributed by atoms with Gasteiger partial charge in [0.1, 0.15) is 5.60 Å². The Kier molecular flexibility index (Phi) is 4.59. The molecular formula is C7H15F2NO2. The minimum atomic E-state index is -2.83. The molecule has 0 aromatic carbocycles. The third kappa shape index (κ3) is 3.94. The van der Waals surface area contributed by atoms with Gasteiger partial charge in [0.15, 0.2) is 0 Å². The molecule has 0 aliphatic rings. The highest BCUT2D eigenvalue weighted by atomic mass is 19.3. The standard InChI is InChI=1S/C7H15F2NO2/c1-7(12,6(8)9)3-5(11)4-10-2/h5-6,10-12H,3-4H2,1-2H3/t5-,7+/m1/s1. The highest BCUT2D eigenvalue weighted by Gasteiger charge is 2.34. The smallest absolute Gasteiger partial charge is 0.266 e. The van der Waals surface area contributed by atoms with E-state index < -0.39 is 18.1 Å². The van der Waals surface area contributed by atoms with Crippen molar-refractivity contribution in [2.75, 3.05) is 13.6 Å². The summed E-state index contributed by atoms with van der Waals surface area (Å²) in [5.41, 5.74) is -2.10. The molecule has 0 aromatic heterocycles. The molecule has 12 heavy (non-hydrogen) atoms. The van der Waals surface area contributed by atoms with Crippen molar-refractivity contribution in [1.29, 1.82) is 0 Å². The van der Waals surface area contributed by atoms with Crippen LogP contribution in [0.4, 0.5) is 8.78 Å². The molecule has 3 N–H and O–H groups in total. The van der Waals surface area contributed by atoms with Crippen LogP contribution in [0.15, 0.2) is 0 Å². The van der Waals surface area contributed by atoms with Crippen molar-refractivity contribution in [3.05, 3.63) is 0 Å². The van der Waals surface area contributed by atoms with E-state index in [1.807, 2.05) is 0 Å². The first-order valence-corrected chi connectivity index (χ1v) is 3.73. The Morgan fingerprint density at radius 1 is 1.50 bits per heavy atom. The van der Waals surface area contributed by atoms with E-state index in [4.69, 9.17) is 10.2 Å². The summed E-state index contributed by atoms with van der Waals surface area (Å²) in [5, 5.41) is 20.8. The van der Waals surface area contributed by atoms with Crippen molar-refractivity contribution in [1.82, 2.24) is 5.32 Å². The van der Waals surface area contributed by atoms with Crippen molar-refractivity contribution < 1.29 is 19.0 Å². The van der Waals surface area contributed by atoms with Crippen LogP contribution in [0.3, 0.4) is 0 Å². The van der Waals surface area contributed by atoms with E-state index in [1.165, 1.54) is 0 Å². The molecule has 0 radical (unpaired) electrons. The van der Waals surface area contributed by atoms with Crippen LogP contribution >= 0.6 is 0 Å². The van der Waals surface area contributed by atoms with Gasteiger partial charge in [-0.05, 0) is 14.0 Å². The van der Waals surface area contributed by atoms with Crippen LogP contribution < -0.4 is 5.32 Å². The predicted molar refractivity (Wildman–Crippen MR) is 41.2 cm³/mol. The molecule has 5 heteroatoms. The zero-order valence-corrected chi connectivity index (χ0v) is 7.22. The van der Waals surface area contributed by atoms with E-state index in [9.17, 15) is 8.78 Å². The molecule has 2 atom stereocenters. The number of hydrogen-bond acceptors (Lipinski definition) is 3. The van der Waals surface area contributed by atoms with E-state index in [0.717, 1.165) is 6.92 Å². The first-order chi connectivity index (χ1) is 5.40. The lowest BCUT2D eigenvalue weighted by atomic mass is 9.99. The lowest BCUT2D eigenvalue weighted by Gasteiger charge is -2.24. The highest BCUT2D eigenvalue weighted by molar-refractivity contribution is 4.79. The number of alkyl halides is 2. The van der Waals surface area contributed by atoms with Gasteiger partial charge in [-0.25, -0.2) is 8.78 Å². The predicted octanol–water partition coefficient (Wildman–Crippen LogP) is -0.0271. The van der Waals surface area contributed by atoms with Gasteiger partial charge in [-0.3, -0.25) is 0 Å². The van der Waals surface area contributed by atoms with Gasteiger partial charge in [0.2, 0.25) is 0 Å². The maximum Gasteiger partial charge on any atom is 0.266 e. The topological polar surface area (TPSA) is 52.5 Å².